The first-order valence-electron chi connectivity index (χ1n) is 20.3. The predicted octanol–water partition coefficient (Wildman–Crippen LogP) is 12.7. The molecule has 8 aromatic rings. The van der Waals surface area contributed by atoms with Crippen LogP contribution in [0, 0.1) is 0 Å². The molecule has 288 valence electrons. The second-order valence-corrected chi connectivity index (χ2v) is 16.4. The zero-order valence-corrected chi connectivity index (χ0v) is 34.3. The molecule has 2 aromatic heterocycles. The van der Waals surface area contributed by atoms with Gasteiger partial charge in [0.05, 0.1) is 0 Å². The highest BCUT2D eigenvalue weighted by atomic mass is 32.2. The van der Waals surface area contributed by atoms with E-state index in [4.69, 9.17) is 29.9 Å². The minimum atomic E-state index is -0.130. The van der Waals surface area contributed by atoms with Crippen molar-refractivity contribution in [2.24, 2.45) is 0 Å². The van der Waals surface area contributed by atoms with Crippen molar-refractivity contribution in [2.75, 3.05) is 0 Å². The molecule has 6 nitrogen and oxygen atoms in total. The third-order valence-electron chi connectivity index (χ3n) is 10.8. The van der Waals surface area contributed by atoms with Crippen LogP contribution >= 0.6 is 11.8 Å². The highest BCUT2D eigenvalue weighted by Crippen LogP contribution is 2.49. The first kappa shape index (κ1) is 38.0. The standard InChI is InChI=1S/C52H44N6S/c1-4-5-6-13-26-46-53-47(33-35-18-9-7-10-19-35)55-48(54-46)37-27-29-38(30-28-37)49-56-50(58-51(57-49)41-23-15-14-22-40(41)36-20-11-8-12-21-36)39-31-32-43-45(34-39)59-44-25-17-16-24-42(44)52(43,2)3/h6-25,27-32,34H,4-5,26,33H2,1-3H3/b13-6-. The molecule has 59 heavy (non-hydrogen) atoms. The Morgan fingerprint density at radius 1 is 0.475 bits per heavy atom. The van der Waals surface area contributed by atoms with E-state index in [0.717, 1.165) is 63.4 Å². The minimum Gasteiger partial charge on any atom is -0.217 e. The summed E-state index contributed by atoms with van der Waals surface area (Å²) < 4.78 is 0. The molecule has 0 N–H and O–H groups in total. The van der Waals surface area contributed by atoms with Crippen molar-refractivity contribution in [1.82, 2.24) is 29.9 Å². The molecule has 0 atom stereocenters. The molecule has 0 unspecified atom stereocenters. The van der Waals surface area contributed by atoms with E-state index in [1.54, 1.807) is 0 Å². The number of fused-ring (bicyclic) bond motifs is 2. The second-order valence-electron chi connectivity index (χ2n) is 15.3. The Hall–Kier alpha value is -6.57. The summed E-state index contributed by atoms with van der Waals surface area (Å²) in [7, 11) is 0. The van der Waals surface area contributed by atoms with Crippen LogP contribution in [-0.4, -0.2) is 29.9 Å². The predicted molar refractivity (Wildman–Crippen MR) is 240 cm³/mol. The molecule has 0 saturated carbocycles. The van der Waals surface area contributed by atoms with Crippen molar-refractivity contribution in [2.45, 2.75) is 61.7 Å². The number of allylic oxidation sites excluding steroid dienone is 2. The molecule has 0 saturated heterocycles. The van der Waals surface area contributed by atoms with Gasteiger partial charge >= 0.3 is 0 Å². The molecule has 1 aliphatic heterocycles. The van der Waals surface area contributed by atoms with Crippen LogP contribution in [0.2, 0.25) is 0 Å². The van der Waals surface area contributed by atoms with Gasteiger partial charge in [-0.1, -0.05) is 191 Å². The minimum absolute atomic E-state index is 0.130. The maximum atomic E-state index is 5.21. The van der Waals surface area contributed by atoms with E-state index in [1.165, 1.54) is 20.9 Å². The van der Waals surface area contributed by atoms with Crippen molar-refractivity contribution >= 4 is 11.8 Å². The SMILES string of the molecule is CCC/C=C\Cc1nc(Cc2ccccc2)nc(-c2ccc(-c3nc(-c4ccc5c(c4)Sc4ccccc4C5(C)C)nc(-c4ccccc4-c4ccccc4)n3)cc2)n1. The summed E-state index contributed by atoms with van der Waals surface area (Å²) in [6.07, 6.45) is 7.78. The third-order valence-corrected chi connectivity index (χ3v) is 12.0. The van der Waals surface area contributed by atoms with Crippen molar-refractivity contribution in [3.8, 4) is 56.7 Å². The van der Waals surface area contributed by atoms with Crippen LogP contribution in [0.15, 0.2) is 174 Å². The van der Waals surface area contributed by atoms with E-state index in [1.807, 2.05) is 42.1 Å². The largest absolute Gasteiger partial charge is 0.217 e. The van der Waals surface area contributed by atoms with E-state index >= 15 is 0 Å². The molecule has 3 heterocycles. The van der Waals surface area contributed by atoms with Gasteiger partial charge in [-0.25, -0.2) is 29.9 Å². The second kappa shape index (κ2) is 16.7. The maximum absolute atomic E-state index is 5.21. The fourth-order valence-electron chi connectivity index (χ4n) is 7.69. The van der Waals surface area contributed by atoms with E-state index in [-0.39, 0.29) is 5.41 Å². The van der Waals surface area contributed by atoms with Gasteiger partial charge in [0.2, 0.25) is 0 Å². The number of nitrogens with zero attached hydrogens (tertiary/aromatic N) is 6. The zero-order valence-electron chi connectivity index (χ0n) is 33.5. The summed E-state index contributed by atoms with van der Waals surface area (Å²) in [6.45, 7) is 6.79. The van der Waals surface area contributed by atoms with Crippen LogP contribution in [0.25, 0.3) is 56.7 Å². The van der Waals surface area contributed by atoms with Crippen molar-refractivity contribution in [3.63, 3.8) is 0 Å². The third kappa shape index (κ3) is 8.12. The fourth-order valence-corrected chi connectivity index (χ4v) is 9.12. The van der Waals surface area contributed by atoms with Crippen LogP contribution in [0.5, 0.6) is 0 Å². The molecule has 6 aromatic carbocycles. The van der Waals surface area contributed by atoms with Gasteiger partial charge in [0.1, 0.15) is 11.6 Å². The van der Waals surface area contributed by atoms with Gasteiger partial charge in [-0.05, 0) is 46.4 Å². The summed E-state index contributed by atoms with van der Waals surface area (Å²) in [5.74, 6) is 4.01. The van der Waals surface area contributed by atoms with Gasteiger partial charge in [0.25, 0.3) is 0 Å². The molecule has 0 spiro atoms. The molecule has 0 fully saturated rings. The number of unbranched alkanes of at least 4 members (excludes halogenated alkanes) is 1. The number of hydrogen-bond acceptors (Lipinski definition) is 7. The number of benzene rings is 6. The van der Waals surface area contributed by atoms with Gasteiger partial charge in [-0.2, -0.15) is 0 Å². The Balaban J connectivity index is 1.13. The van der Waals surface area contributed by atoms with E-state index in [0.29, 0.717) is 36.1 Å². The van der Waals surface area contributed by atoms with Crippen molar-refractivity contribution in [1.29, 1.82) is 0 Å². The monoisotopic (exact) mass is 784 g/mol. The Kier molecular flexibility index (Phi) is 10.8. The first-order chi connectivity index (χ1) is 28.9. The Bertz CT molecular complexity index is 2780. The molecule has 7 heteroatoms. The Labute approximate surface area is 350 Å². The lowest BCUT2D eigenvalue weighted by Crippen LogP contribution is -2.23. The smallest absolute Gasteiger partial charge is 0.164 e. The van der Waals surface area contributed by atoms with Crippen molar-refractivity contribution < 1.29 is 0 Å². The summed E-state index contributed by atoms with van der Waals surface area (Å²) in [5, 5.41) is 0. The first-order valence-corrected chi connectivity index (χ1v) is 21.1. The van der Waals surface area contributed by atoms with Gasteiger partial charge < -0.3 is 0 Å². The summed E-state index contributed by atoms with van der Waals surface area (Å²) >= 11 is 1.81. The van der Waals surface area contributed by atoms with Crippen LogP contribution in [0.1, 0.15) is 62.0 Å². The molecule has 0 amide bonds. The Morgan fingerprint density at radius 2 is 1.05 bits per heavy atom. The van der Waals surface area contributed by atoms with Gasteiger partial charge in [0, 0.05) is 50.3 Å². The number of hydrogen-bond donors (Lipinski definition) is 0. The highest BCUT2D eigenvalue weighted by Gasteiger charge is 2.33. The molecule has 1 aliphatic rings. The molecule has 9 rings (SSSR count). The molecule has 0 aliphatic carbocycles. The van der Waals surface area contributed by atoms with Crippen LogP contribution in [0.4, 0.5) is 0 Å². The topological polar surface area (TPSA) is 77.3 Å². The normalized spacial score (nSPS) is 12.9. The van der Waals surface area contributed by atoms with Gasteiger partial charge in [0.15, 0.2) is 23.3 Å². The lowest BCUT2D eigenvalue weighted by atomic mass is 9.77. The lowest BCUT2D eigenvalue weighted by molar-refractivity contribution is 0.607. The summed E-state index contributed by atoms with van der Waals surface area (Å²) in [4.78, 5) is 32.8. The molecule has 0 radical (unpaired) electrons. The maximum Gasteiger partial charge on any atom is 0.164 e. The molecular weight excluding hydrogens is 741 g/mol. The van der Waals surface area contributed by atoms with Crippen LogP contribution in [0.3, 0.4) is 0 Å². The number of aromatic nitrogens is 6. The average Bonchev–Trinajstić information content (AvgIpc) is 3.28. The summed E-state index contributed by atoms with van der Waals surface area (Å²) in [6, 6.07) is 52.7. The molecular formula is C52H44N6S. The fraction of sp³-hybridized carbons (Fsp3) is 0.154. The van der Waals surface area contributed by atoms with E-state index < -0.39 is 0 Å². The van der Waals surface area contributed by atoms with Crippen LogP contribution in [-0.2, 0) is 18.3 Å². The quantitative estimate of drug-likeness (QED) is 0.121. The van der Waals surface area contributed by atoms with Gasteiger partial charge in [-0.3, -0.25) is 0 Å². The Morgan fingerprint density at radius 3 is 1.80 bits per heavy atom. The van der Waals surface area contributed by atoms with Crippen molar-refractivity contribution in [3.05, 3.63) is 192 Å². The zero-order chi connectivity index (χ0) is 40.2. The average molecular weight is 785 g/mol. The summed E-state index contributed by atoms with van der Waals surface area (Å²) in [5.41, 5.74) is 9.51. The highest BCUT2D eigenvalue weighted by molar-refractivity contribution is 7.99. The van der Waals surface area contributed by atoms with E-state index in [9.17, 15) is 0 Å². The van der Waals surface area contributed by atoms with Gasteiger partial charge in [-0.15, -0.1) is 0 Å². The van der Waals surface area contributed by atoms with Crippen LogP contribution < -0.4 is 0 Å². The van der Waals surface area contributed by atoms with E-state index in [2.05, 4.69) is 154 Å². The number of rotatable bonds is 11. The molecule has 0 bridgehead atoms. The lowest BCUT2D eigenvalue weighted by Gasteiger charge is -2.34.